The standard InChI is InChI=1S/C13H18N2O4S/c1-11(2)18-9-10-20(16,17)15-12-5-3-4-6-13(12)19-8-7-14/h3-6,11,15H,8-10H2,1-2H3. The summed E-state index contributed by atoms with van der Waals surface area (Å²) in [6.45, 7) is 3.65. The van der Waals surface area contributed by atoms with Crippen molar-refractivity contribution in [2.75, 3.05) is 23.7 Å². The fourth-order valence-corrected chi connectivity index (χ4v) is 2.32. The number of anilines is 1. The molecule has 0 unspecified atom stereocenters. The zero-order valence-corrected chi connectivity index (χ0v) is 12.3. The van der Waals surface area contributed by atoms with E-state index in [0.717, 1.165) is 0 Å². The lowest BCUT2D eigenvalue weighted by Gasteiger charge is -2.13. The molecule has 0 heterocycles. The molecule has 0 aromatic heterocycles. The molecule has 0 aliphatic rings. The molecule has 110 valence electrons. The summed E-state index contributed by atoms with van der Waals surface area (Å²) < 4.78 is 36.6. The van der Waals surface area contributed by atoms with Gasteiger partial charge in [0.1, 0.15) is 11.8 Å². The Kier molecular flexibility index (Phi) is 6.28. The third-order valence-corrected chi connectivity index (χ3v) is 3.48. The van der Waals surface area contributed by atoms with Gasteiger partial charge in [-0.1, -0.05) is 12.1 Å². The van der Waals surface area contributed by atoms with Crippen molar-refractivity contribution in [3.63, 3.8) is 0 Å². The van der Waals surface area contributed by atoms with Crippen LogP contribution in [0.25, 0.3) is 0 Å². The minimum Gasteiger partial charge on any atom is -0.477 e. The molecule has 0 atom stereocenters. The Morgan fingerprint density at radius 3 is 2.70 bits per heavy atom. The van der Waals surface area contributed by atoms with E-state index in [0.29, 0.717) is 11.4 Å². The van der Waals surface area contributed by atoms with E-state index >= 15 is 0 Å². The van der Waals surface area contributed by atoms with Crippen molar-refractivity contribution in [3.05, 3.63) is 24.3 Å². The lowest BCUT2D eigenvalue weighted by Crippen LogP contribution is -2.21. The second-order valence-corrected chi connectivity index (χ2v) is 6.13. The maximum atomic E-state index is 11.9. The van der Waals surface area contributed by atoms with Crippen molar-refractivity contribution < 1.29 is 17.9 Å². The first kappa shape index (κ1) is 16.3. The topological polar surface area (TPSA) is 88.4 Å². The monoisotopic (exact) mass is 298 g/mol. The van der Waals surface area contributed by atoms with Crippen molar-refractivity contribution in [2.24, 2.45) is 0 Å². The van der Waals surface area contributed by atoms with Gasteiger partial charge in [0, 0.05) is 0 Å². The first-order valence-electron chi connectivity index (χ1n) is 6.15. The quantitative estimate of drug-likeness (QED) is 0.790. The molecule has 0 aliphatic carbocycles. The second-order valence-electron chi connectivity index (χ2n) is 4.28. The summed E-state index contributed by atoms with van der Waals surface area (Å²) in [6, 6.07) is 8.39. The van der Waals surface area contributed by atoms with E-state index in [9.17, 15) is 8.42 Å². The van der Waals surface area contributed by atoms with Crippen LogP contribution in [0.2, 0.25) is 0 Å². The predicted molar refractivity (Wildman–Crippen MR) is 76.0 cm³/mol. The van der Waals surface area contributed by atoms with E-state index in [4.69, 9.17) is 14.7 Å². The minimum absolute atomic E-state index is 0.0172. The highest BCUT2D eigenvalue weighted by Crippen LogP contribution is 2.24. The molecule has 20 heavy (non-hydrogen) atoms. The van der Waals surface area contributed by atoms with Gasteiger partial charge in [-0.2, -0.15) is 5.26 Å². The highest BCUT2D eigenvalue weighted by atomic mass is 32.2. The fourth-order valence-electron chi connectivity index (χ4n) is 1.40. The Bertz CT molecular complexity index is 564. The number of rotatable bonds is 8. The maximum Gasteiger partial charge on any atom is 0.235 e. The van der Waals surface area contributed by atoms with E-state index in [1.54, 1.807) is 24.3 Å². The van der Waals surface area contributed by atoms with Crippen LogP contribution in [0, 0.1) is 11.3 Å². The molecule has 0 saturated heterocycles. The average molecular weight is 298 g/mol. The van der Waals surface area contributed by atoms with Crippen LogP contribution in [0.4, 0.5) is 5.69 Å². The molecule has 1 aromatic carbocycles. The molecular weight excluding hydrogens is 280 g/mol. The highest BCUT2D eigenvalue weighted by Gasteiger charge is 2.13. The predicted octanol–water partition coefficient (Wildman–Crippen LogP) is 1.76. The molecule has 0 bridgehead atoms. The molecule has 1 N–H and O–H groups in total. The van der Waals surface area contributed by atoms with Crippen LogP contribution in [0.15, 0.2) is 24.3 Å². The van der Waals surface area contributed by atoms with E-state index in [1.165, 1.54) is 0 Å². The number of nitrogens with one attached hydrogen (secondary N) is 1. The third kappa shape index (κ3) is 5.91. The number of nitriles is 1. The maximum absolute atomic E-state index is 11.9. The largest absolute Gasteiger partial charge is 0.477 e. The second kappa shape index (κ2) is 7.72. The molecule has 1 aromatic rings. The Labute approximate surface area is 119 Å². The molecule has 0 amide bonds. The van der Waals surface area contributed by atoms with Gasteiger partial charge in [-0.25, -0.2) is 8.42 Å². The normalized spacial score (nSPS) is 11.1. The van der Waals surface area contributed by atoms with Crippen LogP contribution in [0.5, 0.6) is 5.75 Å². The number of para-hydroxylation sites is 2. The number of hydrogen-bond acceptors (Lipinski definition) is 5. The minimum atomic E-state index is -3.52. The van der Waals surface area contributed by atoms with Crippen molar-refractivity contribution in [2.45, 2.75) is 20.0 Å². The van der Waals surface area contributed by atoms with E-state index in [2.05, 4.69) is 4.72 Å². The van der Waals surface area contributed by atoms with Crippen molar-refractivity contribution in [1.82, 2.24) is 0 Å². The Morgan fingerprint density at radius 2 is 2.05 bits per heavy atom. The summed E-state index contributed by atoms with van der Waals surface area (Å²) in [4.78, 5) is 0. The Morgan fingerprint density at radius 1 is 1.35 bits per heavy atom. The fraction of sp³-hybridized carbons (Fsp3) is 0.462. The van der Waals surface area contributed by atoms with Gasteiger partial charge in [0.05, 0.1) is 24.2 Å². The van der Waals surface area contributed by atoms with E-state index in [1.807, 2.05) is 19.9 Å². The molecule has 0 spiro atoms. The summed E-state index contributed by atoms with van der Waals surface area (Å²) in [5.41, 5.74) is 0.312. The smallest absolute Gasteiger partial charge is 0.235 e. The molecule has 7 heteroatoms. The van der Waals surface area contributed by atoms with Gasteiger partial charge >= 0.3 is 0 Å². The van der Waals surface area contributed by atoms with Crippen LogP contribution < -0.4 is 9.46 Å². The molecule has 1 rings (SSSR count). The zero-order chi connectivity index (χ0) is 15.0. The number of nitrogens with zero attached hydrogens (tertiary/aromatic N) is 1. The van der Waals surface area contributed by atoms with Gasteiger partial charge in [-0.3, -0.25) is 4.72 Å². The molecule has 0 fully saturated rings. The van der Waals surface area contributed by atoms with Crippen molar-refractivity contribution >= 4 is 15.7 Å². The zero-order valence-electron chi connectivity index (χ0n) is 11.5. The first-order valence-corrected chi connectivity index (χ1v) is 7.80. The lowest BCUT2D eigenvalue weighted by atomic mass is 10.3. The van der Waals surface area contributed by atoms with Crippen LogP contribution in [-0.4, -0.2) is 33.5 Å². The van der Waals surface area contributed by atoms with Crippen LogP contribution in [-0.2, 0) is 14.8 Å². The Hall–Kier alpha value is -1.78. The highest BCUT2D eigenvalue weighted by molar-refractivity contribution is 7.92. The summed E-state index contributed by atoms with van der Waals surface area (Å²) in [5, 5.41) is 8.49. The van der Waals surface area contributed by atoms with E-state index in [-0.39, 0.29) is 25.1 Å². The summed E-state index contributed by atoms with van der Waals surface area (Å²) in [7, 11) is -3.52. The van der Waals surface area contributed by atoms with Gasteiger partial charge in [-0.15, -0.1) is 0 Å². The average Bonchev–Trinajstić information content (AvgIpc) is 2.36. The summed E-state index contributed by atoms with van der Waals surface area (Å²) in [6.07, 6.45) is -0.0172. The molecule has 0 radical (unpaired) electrons. The molecular formula is C13H18N2O4S. The van der Waals surface area contributed by atoms with Gasteiger partial charge in [0.2, 0.25) is 10.0 Å². The first-order chi connectivity index (χ1) is 9.44. The van der Waals surface area contributed by atoms with Crippen molar-refractivity contribution in [1.29, 1.82) is 5.26 Å². The van der Waals surface area contributed by atoms with E-state index < -0.39 is 10.0 Å². The van der Waals surface area contributed by atoms with Gasteiger partial charge in [0.15, 0.2) is 6.61 Å². The molecule has 0 aliphatic heterocycles. The number of benzene rings is 1. The SMILES string of the molecule is CC(C)OCCS(=O)(=O)Nc1ccccc1OCC#N. The molecule has 0 saturated carbocycles. The van der Waals surface area contributed by atoms with Crippen molar-refractivity contribution in [3.8, 4) is 11.8 Å². The van der Waals surface area contributed by atoms with Gasteiger partial charge in [-0.05, 0) is 26.0 Å². The number of hydrogen-bond donors (Lipinski definition) is 1. The lowest BCUT2D eigenvalue weighted by molar-refractivity contribution is 0.0913. The third-order valence-electron chi connectivity index (χ3n) is 2.25. The summed E-state index contributed by atoms with van der Waals surface area (Å²) in [5.74, 6) is 0.181. The van der Waals surface area contributed by atoms with Crippen LogP contribution >= 0.6 is 0 Å². The molecule has 6 nitrogen and oxygen atoms in total. The summed E-state index contributed by atoms with van der Waals surface area (Å²) >= 11 is 0. The number of sulfonamides is 1. The van der Waals surface area contributed by atoms with Gasteiger partial charge in [0.25, 0.3) is 0 Å². The van der Waals surface area contributed by atoms with Crippen LogP contribution in [0.3, 0.4) is 0 Å². The Balaban J connectivity index is 2.69. The van der Waals surface area contributed by atoms with Crippen LogP contribution in [0.1, 0.15) is 13.8 Å². The number of ether oxygens (including phenoxy) is 2. The van der Waals surface area contributed by atoms with Gasteiger partial charge < -0.3 is 9.47 Å².